The van der Waals surface area contributed by atoms with E-state index in [2.05, 4.69) is 25.5 Å². The third-order valence-corrected chi connectivity index (χ3v) is 7.59. The molecular formula is C28H34ClN5O4. The number of aliphatic hydroxyl groups is 1. The van der Waals surface area contributed by atoms with E-state index in [0.717, 1.165) is 42.8 Å². The summed E-state index contributed by atoms with van der Waals surface area (Å²) in [5.41, 5.74) is 2.71. The molecule has 1 unspecified atom stereocenters. The number of anilines is 1. The largest absolute Gasteiger partial charge is 0.484 e. The number of carbonyl (C=O) groups is 1. The van der Waals surface area contributed by atoms with Gasteiger partial charge in [-0.25, -0.2) is 9.97 Å². The molecule has 2 aromatic heterocycles. The van der Waals surface area contributed by atoms with E-state index in [9.17, 15) is 9.90 Å². The monoisotopic (exact) mass is 539 g/mol. The third kappa shape index (κ3) is 6.83. The molecule has 3 N–H and O–H groups in total. The number of amides is 1. The summed E-state index contributed by atoms with van der Waals surface area (Å²) in [5, 5.41) is 17.6. The fourth-order valence-corrected chi connectivity index (χ4v) is 5.49. The molecular weight excluding hydrogens is 506 g/mol. The third-order valence-electron chi connectivity index (χ3n) is 7.18. The van der Waals surface area contributed by atoms with Crippen LogP contribution in [-0.2, 0) is 19.6 Å². The van der Waals surface area contributed by atoms with Crippen LogP contribution < -0.4 is 15.4 Å². The number of hydrogen-bond donors (Lipinski definition) is 3. The molecule has 1 fully saturated rings. The Kier molecular flexibility index (Phi) is 8.78. The van der Waals surface area contributed by atoms with E-state index in [-0.39, 0.29) is 19.1 Å². The lowest BCUT2D eigenvalue weighted by molar-refractivity contribution is 0.0841. The van der Waals surface area contributed by atoms with E-state index in [1.165, 1.54) is 25.7 Å². The summed E-state index contributed by atoms with van der Waals surface area (Å²) < 4.78 is 11.0. The van der Waals surface area contributed by atoms with Gasteiger partial charge in [-0.2, -0.15) is 0 Å². The SMILES string of the molecule is O=C(NCC(O)CN1CCc2c(ccc(OCc3cnco3)c2Cl)C1)c1ccnc(NC2CCCCC2)c1. The minimum atomic E-state index is -0.692. The van der Waals surface area contributed by atoms with Gasteiger partial charge in [0.25, 0.3) is 5.91 Å². The van der Waals surface area contributed by atoms with Crippen LogP contribution in [0.15, 0.2) is 47.5 Å². The Morgan fingerprint density at radius 3 is 2.95 bits per heavy atom. The van der Waals surface area contributed by atoms with Gasteiger partial charge in [0.05, 0.1) is 17.3 Å². The highest BCUT2D eigenvalue weighted by molar-refractivity contribution is 6.33. The van der Waals surface area contributed by atoms with Gasteiger partial charge in [0.1, 0.15) is 18.2 Å². The van der Waals surface area contributed by atoms with Crippen LogP contribution in [-0.4, -0.2) is 57.7 Å². The zero-order valence-electron chi connectivity index (χ0n) is 21.4. The van der Waals surface area contributed by atoms with Crippen LogP contribution in [0.1, 0.15) is 59.3 Å². The van der Waals surface area contributed by atoms with Crippen molar-refractivity contribution in [2.24, 2.45) is 0 Å². The first-order valence-corrected chi connectivity index (χ1v) is 13.6. The Balaban J connectivity index is 1.09. The van der Waals surface area contributed by atoms with Crippen molar-refractivity contribution in [3.63, 3.8) is 0 Å². The number of ether oxygens (including phenoxy) is 1. The molecule has 9 nitrogen and oxygen atoms in total. The minimum absolute atomic E-state index is 0.172. The molecule has 202 valence electrons. The highest BCUT2D eigenvalue weighted by Gasteiger charge is 2.23. The zero-order chi connectivity index (χ0) is 26.3. The summed E-state index contributed by atoms with van der Waals surface area (Å²) in [6.07, 6.45) is 10.7. The number of fused-ring (bicyclic) bond motifs is 1. The molecule has 1 saturated carbocycles. The highest BCUT2D eigenvalue weighted by atomic mass is 35.5. The molecule has 2 aliphatic rings. The molecule has 10 heteroatoms. The average molecular weight is 540 g/mol. The maximum absolute atomic E-state index is 12.7. The van der Waals surface area contributed by atoms with Crippen LogP contribution in [0.25, 0.3) is 0 Å². The summed E-state index contributed by atoms with van der Waals surface area (Å²) in [4.78, 5) is 23.1. The summed E-state index contributed by atoms with van der Waals surface area (Å²) in [6.45, 7) is 2.31. The summed E-state index contributed by atoms with van der Waals surface area (Å²) >= 11 is 6.63. The highest BCUT2D eigenvalue weighted by Crippen LogP contribution is 2.34. The maximum atomic E-state index is 12.7. The summed E-state index contributed by atoms with van der Waals surface area (Å²) in [6, 6.07) is 7.77. The minimum Gasteiger partial charge on any atom is -0.484 e. The first-order valence-electron chi connectivity index (χ1n) is 13.3. The Bertz CT molecular complexity index is 1220. The number of benzene rings is 1. The van der Waals surface area contributed by atoms with Gasteiger partial charge < -0.3 is 24.9 Å². The lowest BCUT2D eigenvalue weighted by Crippen LogP contribution is -2.42. The van der Waals surface area contributed by atoms with Crippen molar-refractivity contribution in [2.75, 3.05) is 25.0 Å². The zero-order valence-corrected chi connectivity index (χ0v) is 22.1. The van der Waals surface area contributed by atoms with Crippen LogP contribution >= 0.6 is 11.6 Å². The van der Waals surface area contributed by atoms with E-state index >= 15 is 0 Å². The van der Waals surface area contributed by atoms with Gasteiger partial charge in [0, 0.05) is 44.0 Å². The van der Waals surface area contributed by atoms with Gasteiger partial charge in [0.2, 0.25) is 0 Å². The predicted molar refractivity (Wildman–Crippen MR) is 144 cm³/mol. The smallest absolute Gasteiger partial charge is 0.251 e. The van der Waals surface area contributed by atoms with Crippen LogP contribution in [0.2, 0.25) is 5.02 Å². The summed E-state index contributed by atoms with van der Waals surface area (Å²) in [7, 11) is 0. The lowest BCUT2D eigenvalue weighted by Gasteiger charge is -2.31. The van der Waals surface area contributed by atoms with Gasteiger partial charge in [-0.3, -0.25) is 9.69 Å². The number of halogens is 1. The fraction of sp³-hybridized carbons (Fsp3) is 0.464. The van der Waals surface area contributed by atoms with Crippen LogP contribution in [0.4, 0.5) is 5.82 Å². The molecule has 1 amide bonds. The van der Waals surface area contributed by atoms with Crippen molar-refractivity contribution in [2.45, 2.75) is 63.8 Å². The molecule has 3 heterocycles. The second-order valence-corrected chi connectivity index (χ2v) is 10.4. The molecule has 0 bridgehead atoms. The van der Waals surface area contributed by atoms with E-state index in [0.29, 0.717) is 41.2 Å². The van der Waals surface area contributed by atoms with Crippen molar-refractivity contribution < 1.29 is 19.1 Å². The van der Waals surface area contributed by atoms with Gasteiger partial charge in [-0.1, -0.05) is 36.9 Å². The molecule has 5 rings (SSSR count). The fourth-order valence-electron chi connectivity index (χ4n) is 5.16. The molecule has 0 saturated heterocycles. The number of pyridine rings is 1. The van der Waals surface area contributed by atoms with E-state index in [1.54, 1.807) is 24.5 Å². The van der Waals surface area contributed by atoms with Crippen molar-refractivity contribution in [3.8, 4) is 5.75 Å². The molecule has 38 heavy (non-hydrogen) atoms. The topological polar surface area (TPSA) is 113 Å². The van der Waals surface area contributed by atoms with Gasteiger partial charge in [0.15, 0.2) is 12.2 Å². The number of oxazole rings is 1. The average Bonchev–Trinajstić information content (AvgIpc) is 3.46. The first-order chi connectivity index (χ1) is 18.5. The van der Waals surface area contributed by atoms with Crippen LogP contribution in [0.3, 0.4) is 0 Å². The van der Waals surface area contributed by atoms with Crippen LogP contribution in [0, 0.1) is 0 Å². The number of carbonyl (C=O) groups excluding carboxylic acids is 1. The van der Waals surface area contributed by atoms with Gasteiger partial charge in [-0.05, 0) is 48.6 Å². The van der Waals surface area contributed by atoms with E-state index < -0.39 is 6.10 Å². The number of nitrogens with one attached hydrogen (secondary N) is 2. The Morgan fingerprint density at radius 2 is 2.13 bits per heavy atom. The van der Waals surface area contributed by atoms with Gasteiger partial charge >= 0.3 is 0 Å². The number of β-amino-alcohol motifs (C(OH)–C–C–N with tert-alkyl or cyclic N) is 1. The molecule has 0 spiro atoms. The Labute approximate surface area is 227 Å². The number of aliphatic hydroxyl groups excluding tert-OH is 1. The van der Waals surface area contributed by atoms with Crippen LogP contribution in [0.5, 0.6) is 5.75 Å². The Hall–Kier alpha value is -3.14. The normalized spacial score (nSPS) is 17.0. The number of rotatable bonds is 10. The molecule has 1 aromatic carbocycles. The van der Waals surface area contributed by atoms with Gasteiger partial charge in [-0.15, -0.1) is 0 Å². The van der Waals surface area contributed by atoms with Crippen molar-refractivity contribution in [1.82, 2.24) is 20.2 Å². The van der Waals surface area contributed by atoms with Crippen molar-refractivity contribution >= 4 is 23.3 Å². The second-order valence-electron chi connectivity index (χ2n) is 10.0. The standard InChI is InChI=1S/C28H34ClN5O4/c29-27-24-9-11-34(15-20(24)6-7-25(27)37-17-23-14-30-18-38-23)16-22(35)13-32-28(36)19-8-10-31-26(12-19)33-21-4-2-1-3-5-21/h6-8,10,12,14,18,21-22,35H,1-5,9,11,13,15-17H2,(H,31,33)(H,32,36). The van der Waals surface area contributed by atoms with E-state index in [4.69, 9.17) is 20.8 Å². The van der Waals surface area contributed by atoms with Crippen molar-refractivity contribution in [3.05, 3.63) is 70.5 Å². The van der Waals surface area contributed by atoms with E-state index in [1.807, 2.05) is 12.1 Å². The molecule has 3 aromatic rings. The Morgan fingerprint density at radius 1 is 1.26 bits per heavy atom. The molecule has 0 radical (unpaired) electrons. The maximum Gasteiger partial charge on any atom is 0.251 e. The number of aromatic nitrogens is 2. The number of hydrogen-bond acceptors (Lipinski definition) is 8. The quantitative estimate of drug-likeness (QED) is 0.351. The second kappa shape index (κ2) is 12.6. The van der Waals surface area contributed by atoms with Crippen molar-refractivity contribution in [1.29, 1.82) is 0 Å². The lowest BCUT2D eigenvalue weighted by atomic mass is 9.95. The predicted octanol–water partition coefficient (Wildman–Crippen LogP) is 4.20. The number of nitrogens with zero attached hydrogens (tertiary/aromatic N) is 3. The molecule has 1 atom stereocenters. The molecule has 1 aliphatic heterocycles. The first kappa shape index (κ1) is 26.5. The summed E-state index contributed by atoms with van der Waals surface area (Å²) in [5.74, 6) is 1.76. The molecule has 1 aliphatic carbocycles.